The normalized spacial score (nSPS) is 11.6. The number of aromatic nitrogens is 1. The van der Waals surface area contributed by atoms with Crippen molar-refractivity contribution in [1.82, 2.24) is 15.6 Å². The number of likely N-dealkylation sites (N-methyl/N-ethyl adjacent to an activating group) is 1. The fraction of sp³-hybridized carbons (Fsp3) is 0.417. The number of nitrogens with zero attached hydrogens (tertiary/aromatic N) is 1. The van der Waals surface area contributed by atoms with E-state index in [1.54, 1.807) is 20.9 Å². The van der Waals surface area contributed by atoms with Crippen molar-refractivity contribution in [3.63, 3.8) is 0 Å². The zero-order valence-corrected chi connectivity index (χ0v) is 11.1. The molecule has 0 spiro atoms. The monoisotopic (exact) mass is 268 g/mol. The van der Waals surface area contributed by atoms with Crippen LogP contribution in [0.5, 0.6) is 0 Å². The van der Waals surface area contributed by atoms with E-state index in [2.05, 4.69) is 20.9 Å². The third kappa shape index (κ3) is 3.90. The molecule has 19 heavy (non-hydrogen) atoms. The summed E-state index contributed by atoms with van der Waals surface area (Å²) in [7, 11) is 1.57. The van der Waals surface area contributed by atoms with E-state index < -0.39 is 17.8 Å². The second kappa shape index (κ2) is 6.67. The van der Waals surface area contributed by atoms with Gasteiger partial charge in [0.2, 0.25) is 5.91 Å². The highest BCUT2D eigenvalue weighted by molar-refractivity contribution is 6.01. The number of rotatable bonds is 5. The maximum absolute atomic E-state index is 13.1. The molecule has 1 atom stereocenters. The largest absolute Gasteiger partial charge is 0.372 e. The molecule has 0 saturated heterocycles. The summed E-state index contributed by atoms with van der Waals surface area (Å²) in [5.41, 5.74) is 0.0543. The summed E-state index contributed by atoms with van der Waals surface area (Å²) >= 11 is 0. The molecule has 1 aromatic rings. The Hall–Kier alpha value is -2.18. The minimum absolute atomic E-state index is 0.0543. The topological polar surface area (TPSA) is 83.1 Å². The van der Waals surface area contributed by atoms with Gasteiger partial charge in [-0.15, -0.1) is 0 Å². The van der Waals surface area contributed by atoms with Crippen LogP contribution in [0, 0.1) is 5.82 Å². The lowest BCUT2D eigenvalue weighted by Crippen LogP contribution is -2.44. The van der Waals surface area contributed by atoms with Crippen molar-refractivity contribution in [3.8, 4) is 0 Å². The van der Waals surface area contributed by atoms with Crippen molar-refractivity contribution >= 4 is 17.6 Å². The molecule has 0 aromatic carbocycles. The standard InChI is InChI=1S/C12H17FN4O2/c1-4-15-11(18)7(2)17-12(19)9-5-8(13)6-16-10(9)14-3/h5-7H,4H2,1-3H3,(H,14,16)(H,15,18)(H,17,19). The third-order valence-electron chi connectivity index (χ3n) is 2.43. The quantitative estimate of drug-likeness (QED) is 0.727. The van der Waals surface area contributed by atoms with Gasteiger partial charge >= 0.3 is 0 Å². The molecule has 1 aromatic heterocycles. The summed E-state index contributed by atoms with van der Waals surface area (Å²) < 4.78 is 13.1. The molecule has 0 radical (unpaired) electrons. The smallest absolute Gasteiger partial charge is 0.255 e. The number of pyridine rings is 1. The minimum Gasteiger partial charge on any atom is -0.372 e. The summed E-state index contributed by atoms with van der Waals surface area (Å²) in [6.45, 7) is 3.80. The van der Waals surface area contributed by atoms with Crippen molar-refractivity contribution in [2.24, 2.45) is 0 Å². The van der Waals surface area contributed by atoms with Crippen LogP contribution in [0.1, 0.15) is 24.2 Å². The summed E-state index contributed by atoms with van der Waals surface area (Å²) in [4.78, 5) is 27.2. The van der Waals surface area contributed by atoms with Crippen LogP contribution in [-0.4, -0.2) is 36.4 Å². The van der Waals surface area contributed by atoms with Gasteiger partial charge in [0.05, 0.1) is 11.8 Å². The van der Waals surface area contributed by atoms with Gasteiger partial charge in [0.25, 0.3) is 5.91 Å². The van der Waals surface area contributed by atoms with E-state index in [-0.39, 0.29) is 17.3 Å². The molecular formula is C12H17FN4O2. The summed E-state index contributed by atoms with van der Waals surface area (Å²) in [5, 5.41) is 7.76. The Kier molecular flexibility index (Phi) is 5.23. The lowest BCUT2D eigenvalue weighted by atomic mass is 10.2. The lowest BCUT2D eigenvalue weighted by Gasteiger charge is -2.14. The van der Waals surface area contributed by atoms with Crippen LogP contribution in [0.2, 0.25) is 0 Å². The highest BCUT2D eigenvalue weighted by Crippen LogP contribution is 2.12. The molecule has 0 bridgehead atoms. The Bertz CT molecular complexity index is 479. The Morgan fingerprint density at radius 3 is 2.74 bits per heavy atom. The molecule has 7 heteroatoms. The summed E-state index contributed by atoms with van der Waals surface area (Å²) in [6.07, 6.45) is 1.01. The molecular weight excluding hydrogens is 251 g/mol. The molecule has 6 nitrogen and oxygen atoms in total. The Morgan fingerprint density at radius 1 is 1.47 bits per heavy atom. The van der Waals surface area contributed by atoms with Crippen molar-refractivity contribution in [2.75, 3.05) is 18.9 Å². The highest BCUT2D eigenvalue weighted by Gasteiger charge is 2.19. The van der Waals surface area contributed by atoms with Gasteiger partial charge in [0, 0.05) is 13.6 Å². The van der Waals surface area contributed by atoms with Crippen LogP contribution in [0.3, 0.4) is 0 Å². The summed E-state index contributed by atoms with van der Waals surface area (Å²) in [5.74, 6) is -1.22. The Morgan fingerprint density at radius 2 is 2.16 bits per heavy atom. The van der Waals surface area contributed by atoms with Crippen molar-refractivity contribution in [2.45, 2.75) is 19.9 Å². The first kappa shape index (κ1) is 14.9. The minimum atomic E-state index is -0.708. The molecule has 1 heterocycles. The molecule has 0 fully saturated rings. The fourth-order valence-corrected chi connectivity index (χ4v) is 1.48. The van der Waals surface area contributed by atoms with Gasteiger partial charge in [-0.1, -0.05) is 0 Å². The zero-order chi connectivity index (χ0) is 14.4. The van der Waals surface area contributed by atoms with Crippen LogP contribution in [0.15, 0.2) is 12.3 Å². The van der Waals surface area contributed by atoms with Crippen molar-refractivity contribution in [3.05, 3.63) is 23.6 Å². The van der Waals surface area contributed by atoms with Gasteiger partial charge in [-0.2, -0.15) is 0 Å². The molecule has 3 N–H and O–H groups in total. The maximum atomic E-state index is 13.1. The molecule has 0 saturated carbocycles. The van der Waals surface area contributed by atoms with Crippen molar-refractivity contribution < 1.29 is 14.0 Å². The SMILES string of the molecule is CCNC(=O)C(C)NC(=O)c1cc(F)cnc1NC. The van der Waals surface area contributed by atoms with Gasteiger partial charge in [0.15, 0.2) is 0 Å². The predicted octanol–water partition coefficient (Wildman–Crippen LogP) is 0.517. The highest BCUT2D eigenvalue weighted by atomic mass is 19.1. The maximum Gasteiger partial charge on any atom is 0.255 e. The van der Waals surface area contributed by atoms with Gasteiger partial charge in [-0.05, 0) is 19.9 Å². The number of hydrogen-bond acceptors (Lipinski definition) is 4. The van der Waals surface area contributed by atoms with Crippen LogP contribution in [-0.2, 0) is 4.79 Å². The average Bonchev–Trinajstić information content (AvgIpc) is 2.38. The van der Waals surface area contributed by atoms with E-state index in [1.165, 1.54) is 0 Å². The first-order valence-corrected chi connectivity index (χ1v) is 5.91. The van der Waals surface area contributed by atoms with E-state index in [4.69, 9.17) is 0 Å². The summed E-state index contributed by atoms with van der Waals surface area (Å²) in [6, 6.07) is 0.360. The molecule has 104 valence electrons. The fourth-order valence-electron chi connectivity index (χ4n) is 1.48. The Balaban J connectivity index is 2.83. The molecule has 1 rings (SSSR count). The van der Waals surface area contributed by atoms with E-state index >= 15 is 0 Å². The van der Waals surface area contributed by atoms with E-state index in [0.717, 1.165) is 12.3 Å². The van der Waals surface area contributed by atoms with E-state index in [9.17, 15) is 14.0 Å². The second-order valence-corrected chi connectivity index (χ2v) is 3.89. The molecule has 2 amide bonds. The molecule has 1 unspecified atom stereocenters. The zero-order valence-electron chi connectivity index (χ0n) is 11.1. The number of amides is 2. The van der Waals surface area contributed by atoms with Gasteiger partial charge in [-0.25, -0.2) is 9.37 Å². The number of nitrogens with one attached hydrogen (secondary N) is 3. The van der Waals surface area contributed by atoms with Crippen LogP contribution >= 0.6 is 0 Å². The van der Waals surface area contributed by atoms with Crippen molar-refractivity contribution in [1.29, 1.82) is 0 Å². The Labute approximate surface area is 110 Å². The van der Waals surface area contributed by atoms with E-state index in [1.807, 2.05) is 0 Å². The molecule has 0 aliphatic rings. The first-order valence-electron chi connectivity index (χ1n) is 5.91. The molecule has 0 aliphatic carbocycles. The van der Waals surface area contributed by atoms with Gasteiger partial charge in [-0.3, -0.25) is 9.59 Å². The average molecular weight is 268 g/mol. The lowest BCUT2D eigenvalue weighted by molar-refractivity contribution is -0.122. The number of carbonyl (C=O) groups is 2. The van der Waals surface area contributed by atoms with Crippen LogP contribution < -0.4 is 16.0 Å². The van der Waals surface area contributed by atoms with E-state index in [0.29, 0.717) is 6.54 Å². The third-order valence-corrected chi connectivity index (χ3v) is 2.43. The number of anilines is 1. The van der Waals surface area contributed by atoms with Gasteiger partial charge < -0.3 is 16.0 Å². The molecule has 0 aliphatic heterocycles. The van der Waals surface area contributed by atoms with Crippen LogP contribution in [0.25, 0.3) is 0 Å². The predicted molar refractivity (Wildman–Crippen MR) is 69.4 cm³/mol. The second-order valence-electron chi connectivity index (χ2n) is 3.89. The number of carbonyl (C=O) groups excluding carboxylic acids is 2. The first-order chi connectivity index (χ1) is 8.99. The van der Waals surface area contributed by atoms with Crippen LogP contribution in [0.4, 0.5) is 10.2 Å². The number of halogens is 1. The number of hydrogen-bond donors (Lipinski definition) is 3. The van der Waals surface area contributed by atoms with Gasteiger partial charge in [0.1, 0.15) is 17.7 Å².